The van der Waals surface area contributed by atoms with Gasteiger partial charge in [0.25, 0.3) is 15.7 Å². The predicted molar refractivity (Wildman–Crippen MR) is 182 cm³/mol. The summed E-state index contributed by atoms with van der Waals surface area (Å²) in [6, 6.07) is 24.8. The minimum atomic E-state index is -4.55. The standard InChI is InChI=1S/C35H38N4O8S/c1-5-36-35(41)33(21-26-10-7-6-8-11-26)37(23-27-12-9-13-30(20-27)47-4)34(40)24-38(28-15-17-29(46-3)18-16-28)48(44,45)31-19-14-25(2)32(22-31)39(42)43/h6-20,22,33H,5,21,23-24H2,1-4H3,(H,36,41)/t33-/m1/s1. The molecule has 0 fully saturated rings. The van der Waals surface area contributed by atoms with E-state index in [1.807, 2.05) is 30.3 Å². The van der Waals surface area contributed by atoms with Crippen molar-refractivity contribution in [1.29, 1.82) is 0 Å². The van der Waals surface area contributed by atoms with Crippen LogP contribution in [0.15, 0.2) is 102 Å². The van der Waals surface area contributed by atoms with Crippen LogP contribution in [0.5, 0.6) is 11.5 Å². The number of amides is 2. The van der Waals surface area contributed by atoms with Gasteiger partial charge in [0.15, 0.2) is 0 Å². The second-order valence-corrected chi connectivity index (χ2v) is 12.8. The Morgan fingerprint density at radius 3 is 2.17 bits per heavy atom. The van der Waals surface area contributed by atoms with Gasteiger partial charge >= 0.3 is 0 Å². The average Bonchev–Trinajstić information content (AvgIpc) is 3.09. The van der Waals surface area contributed by atoms with Crippen LogP contribution in [0.1, 0.15) is 23.6 Å². The summed E-state index contributed by atoms with van der Waals surface area (Å²) in [7, 11) is -1.58. The molecule has 1 atom stereocenters. The molecular formula is C35H38N4O8S. The molecule has 0 aliphatic rings. The van der Waals surface area contributed by atoms with Crippen LogP contribution in [-0.4, -0.2) is 63.4 Å². The molecule has 2 amide bonds. The molecule has 0 saturated heterocycles. The van der Waals surface area contributed by atoms with Gasteiger partial charge in [0.1, 0.15) is 24.1 Å². The topological polar surface area (TPSA) is 148 Å². The van der Waals surface area contributed by atoms with E-state index in [4.69, 9.17) is 9.47 Å². The van der Waals surface area contributed by atoms with E-state index in [1.54, 1.807) is 43.3 Å². The Morgan fingerprint density at radius 2 is 1.54 bits per heavy atom. The lowest BCUT2D eigenvalue weighted by Crippen LogP contribution is -2.53. The van der Waals surface area contributed by atoms with Crippen molar-refractivity contribution in [3.8, 4) is 11.5 Å². The van der Waals surface area contributed by atoms with Crippen LogP contribution in [0.25, 0.3) is 0 Å². The van der Waals surface area contributed by atoms with Gasteiger partial charge < -0.3 is 19.7 Å². The summed E-state index contributed by atoms with van der Waals surface area (Å²) in [6.45, 7) is 2.82. The number of benzene rings is 4. The van der Waals surface area contributed by atoms with Crippen molar-refractivity contribution in [2.45, 2.75) is 37.8 Å². The summed E-state index contributed by atoms with van der Waals surface area (Å²) in [5.74, 6) is -0.0928. The summed E-state index contributed by atoms with van der Waals surface area (Å²) in [4.78, 5) is 40.2. The lowest BCUT2D eigenvalue weighted by Gasteiger charge is -2.34. The zero-order valence-corrected chi connectivity index (χ0v) is 28.0. The van der Waals surface area contributed by atoms with Crippen LogP contribution in [0.3, 0.4) is 0 Å². The number of nitro benzene ring substituents is 1. The van der Waals surface area contributed by atoms with E-state index in [0.717, 1.165) is 15.9 Å². The van der Waals surface area contributed by atoms with E-state index in [2.05, 4.69) is 5.32 Å². The molecule has 1 N–H and O–H groups in total. The maximum atomic E-state index is 14.5. The number of ether oxygens (including phenoxy) is 2. The molecule has 0 bridgehead atoms. The molecule has 4 aromatic carbocycles. The number of nitrogens with zero attached hydrogens (tertiary/aromatic N) is 3. The Hall–Kier alpha value is -5.43. The Bertz CT molecular complexity index is 1850. The number of rotatable bonds is 15. The number of methoxy groups -OCH3 is 2. The molecule has 4 rings (SSSR count). The minimum absolute atomic E-state index is 0.0445. The predicted octanol–water partition coefficient (Wildman–Crippen LogP) is 4.89. The summed E-state index contributed by atoms with van der Waals surface area (Å²) < 4.78 is 40.1. The summed E-state index contributed by atoms with van der Waals surface area (Å²) >= 11 is 0. The SMILES string of the molecule is CCNC(=O)[C@@H](Cc1ccccc1)N(Cc1cccc(OC)c1)C(=O)CN(c1ccc(OC)cc1)S(=O)(=O)c1ccc(C)c([N+](=O)[O-])c1. The second-order valence-electron chi connectivity index (χ2n) is 10.9. The van der Waals surface area contributed by atoms with Crippen LogP contribution in [0, 0.1) is 17.0 Å². The van der Waals surface area contributed by atoms with E-state index in [1.165, 1.54) is 50.3 Å². The molecule has 0 unspecified atom stereocenters. The molecule has 0 saturated carbocycles. The number of nitrogens with one attached hydrogen (secondary N) is 1. The molecule has 48 heavy (non-hydrogen) atoms. The number of hydrogen-bond acceptors (Lipinski definition) is 8. The van der Waals surface area contributed by atoms with Crippen LogP contribution < -0.4 is 19.1 Å². The number of anilines is 1. The highest BCUT2D eigenvalue weighted by Crippen LogP contribution is 2.30. The van der Waals surface area contributed by atoms with Crippen molar-refractivity contribution in [1.82, 2.24) is 10.2 Å². The first-order valence-corrected chi connectivity index (χ1v) is 16.6. The van der Waals surface area contributed by atoms with Crippen LogP contribution in [0.2, 0.25) is 0 Å². The zero-order valence-electron chi connectivity index (χ0n) is 27.2. The molecule has 0 spiro atoms. The van der Waals surface area contributed by atoms with Crippen molar-refractivity contribution >= 4 is 33.2 Å². The minimum Gasteiger partial charge on any atom is -0.497 e. The van der Waals surface area contributed by atoms with Gasteiger partial charge in [-0.2, -0.15) is 0 Å². The smallest absolute Gasteiger partial charge is 0.273 e. The molecule has 0 aromatic heterocycles. The third kappa shape index (κ3) is 8.48. The first kappa shape index (κ1) is 35.4. The fourth-order valence-corrected chi connectivity index (χ4v) is 6.60. The van der Waals surface area contributed by atoms with Crippen molar-refractivity contribution in [2.24, 2.45) is 0 Å². The number of likely N-dealkylation sites (N-methyl/N-ethyl adjacent to an activating group) is 1. The number of aryl methyl sites for hydroxylation is 1. The number of nitro groups is 1. The number of carbonyl (C=O) groups excluding carboxylic acids is 2. The maximum Gasteiger partial charge on any atom is 0.273 e. The fourth-order valence-electron chi connectivity index (χ4n) is 5.16. The van der Waals surface area contributed by atoms with Crippen molar-refractivity contribution in [3.63, 3.8) is 0 Å². The largest absolute Gasteiger partial charge is 0.497 e. The quantitative estimate of drug-likeness (QED) is 0.138. The summed E-state index contributed by atoms with van der Waals surface area (Å²) in [6.07, 6.45) is 0.155. The molecule has 4 aromatic rings. The van der Waals surface area contributed by atoms with Crippen LogP contribution in [-0.2, 0) is 32.6 Å². The van der Waals surface area contributed by atoms with Gasteiger partial charge in [-0.25, -0.2) is 8.42 Å². The number of sulfonamides is 1. The Labute approximate surface area is 280 Å². The van der Waals surface area contributed by atoms with Crippen molar-refractivity contribution in [2.75, 3.05) is 31.6 Å². The Balaban J connectivity index is 1.84. The monoisotopic (exact) mass is 674 g/mol. The molecule has 0 radical (unpaired) electrons. The third-order valence-electron chi connectivity index (χ3n) is 7.71. The van der Waals surface area contributed by atoms with E-state index in [-0.39, 0.29) is 34.8 Å². The second kappa shape index (κ2) is 15.9. The lowest BCUT2D eigenvalue weighted by atomic mass is 10.0. The van der Waals surface area contributed by atoms with Crippen LogP contribution >= 0.6 is 0 Å². The highest BCUT2D eigenvalue weighted by Gasteiger charge is 2.35. The van der Waals surface area contributed by atoms with E-state index < -0.39 is 39.3 Å². The number of carbonyl (C=O) groups is 2. The average molecular weight is 675 g/mol. The third-order valence-corrected chi connectivity index (χ3v) is 9.48. The van der Waals surface area contributed by atoms with E-state index in [0.29, 0.717) is 23.6 Å². The zero-order chi connectivity index (χ0) is 34.8. The Kier molecular flexibility index (Phi) is 11.7. The first-order chi connectivity index (χ1) is 23.0. The van der Waals surface area contributed by atoms with Crippen molar-refractivity contribution < 1.29 is 32.4 Å². The molecule has 0 aliphatic heterocycles. The normalized spacial score (nSPS) is 11.7. The van der Waals surface area contributed by atoms with Gasteiger partial charge in [0.2, 0.25) is 11.8 Å². The van der Waals surface area contributed by atoms with Crippen molar-refractivity contribution in [3.05, 3.63) is 124 Å². The van der Waals surface area contributed by atoms with Gasteiger partial charge in [-0.05, 0) is 67.4 Å². The molecule has 252 valence electrons. The van der Waals surface area contributed by atoms with Gasteiger partial charge in [0, 0.05) is 31.1 Å². The number of hydrogen-bond donors (Lipinski definition) is 1. The molecule has 13 heteroatoms. The summed E-state index contributed by atoms with van der Waals surface area (Å²) in [5, 5.41) is 14.5. The lowest BCUT2D eigenvalue weighted by molar-refractivity contribution is -0.385. The summed E-state index contributed by atoms with van der Waals surface area (Å²) in [5.41, 5.74) is 1.46. The van der Waals surface area contributed by atoms with Gasteiger partial charge in [-0.15, -0.1) is 0 Å². The fraction of sp³-hybridized carbons (Fsp3) is 0.257. The molecule has 0 aliphatic carbocycles. The Morgan fingerprint density at radius 1 is 0.875 bits per heavy atom. The van der Waals surface area contributed by atoms with E-state index in [9.17, 15) is 28.1 Å². The highest BCUT2D eigenvalue weighted by molar-refractivity contribution is 7.92. The van der Waals surface area contributed by atoms with Crippen LogP contribution in [0.4, 0.5) is 11.4 Å². The molecule has 12 nitrogen and oxygen atoms in total. The van der Waals surface area contributed by atoms with Gasteiger partial charge in [0.05, 0.1) is 29.7 Å². The maximum absolute atomic E-state index is 14.5. The van der Waals surface area contributed by atoms with Gasteiger partial charge in [-0.3, -0.25) is 24.0 Å². The van der Waals surface area contributed by atoms with Gasteiger partial charge in [-0.1, -0.05) is 48.5 Å². The molecular weight excluding hydrogens is 636 g/mol. The molecule has 0 heterocycles. The first-order valence-electron chi connectivity index (χ1n) is 15.1. The highest BCUT2D eigenvalue weighted by atomic mass is 32.2. The van der Waals surface area contributed by atoms with E-state index >= 15 is 0 Å².